The van der Waals surface area contributed by atoms with Gasteiger partial charge in [-0.05, 0) is 32.1 Å². The Bertz CT molecular complexity index is 555. The van der Waals surface area contributed by atoms with Gasteiger partial charge in [0.25, 0.3) is 0 Å². The zero-order valence-electron chi connectivity index (χ0n) is 17.4. The van der Waals surface area contributed by atoms with Crippen LogP contribution in [0.5, 0.6) is 0 Å². The first-order chi connectivity index (χ1) is 13.2. The minimum Gasteiger partial charge on any atom is -0.493 e. The van der Waals surface area contributed by atoms with E-state index in [4.69, 9.17) is 9.47 Å². The first-order valence-electron chi connectivity index (χ1n) is 10.4. The molecule has 0 aromatic carbocycles. The van der Waals surface area contributed by atoms with Gasteiger partial charge in [0.15, 0.2) is 11.5 Å². The SMILES string of the molecule is CCCC/C=C\CCCCCCCCCC1=C(OC)C(=O)C=C(OC)C1=O. The third-order valence-electron chi connectivity index (χ3n) is 4.87. The van der Waals surface area contributed by atoms with Crippen LogP contribution in [0, 0.1) is 0 Å². The highest BCUT2D eigenvalue weighted by molar-refractivity contribution is 6.21. The topological polar surface area (TPSA) is 52.6 Å². The zero-order valence-corrected chi connectivity index (χ0v) is 17.4. The number of rotatable bonds is 15. The molecule has 0 aromatic heterocycles. The van der Waals surface area contributed by atoms with Crippen LogP contribution in [0.25, 0.3) is 0 Å². The highest BCUT2D eigenvalue weighted by Crippen LogP contribution is 2.25. The minimum atomic E-state index is -0.285. The summed E-state index contributed by atoms with van der Waals surface area (Å²) < 4.78 is 10.2. The monoisotopic (exact) mass is 376 g/mol. The van der Waals surface area contributed by atoms with Gasteiger partial charge in [-0.1, -0.05) is 64.0 Å². The van der Waals surface area contributed by atoms with Crippen LogP contribution in [0.2, 0.25) is 0 Å². The van der Waals surface area contributed by atoms with Crippen LogP contribution in [0.1, 0.15) is 84.0 Å². The molecule has 0 atom stereocenters. The lowest BCUT2D eigenvalue weighted by Gasteiger charge is -2.17. The molecular formula is C23H36O4. The molecule has 4 nitrogen and oxygen atoms in total. The van der Waals surface area contributed by atoms with E-state index in [1.807, 2.05) is 0 Å². The highest BCUT2D eigenvalue weighted by atomic mass is 16.5. The number of Topliss-reactive ketones (excluding diaryl/α,β-unsaturated/α-hetero) is 1. The summed E-state index contributed by atoms with van der Waals surface area (Å²) >= 11 is 0. The molecule has 0 saturated heterocycles. The van der Waals surface area contributed by atoms with Gasteiger partial charge in [-0.25, -0.2) is 0 Å². The fraction of sp³-hybridized carbons (Fsp3) is 0.652. The molecule has 1 aliphatic rings. The van der Waals surface area contributed by atoms with Crippen LogP contribution in [-0.2, 0) is 19.1 Å². The molecule has 0 radical (unpaired) electrons. The Kier molecular flexibility index (Phi) is 12.2. The number of methoxy groups -OCH3 is 2. The molecular weight excluding hydrogens is 340 g/mol. The molecule has 0 heterocycles. The lowest BCUT2D eigenvalue weighted by Crippen LogP contribution is -2.21. The molecule has 1 aliphatic carbocycles. The van der Waals surface area contributed by atoms with Crippen LogP contribution >= 0.6 is 0 Å². The Morgan fingerprint density at radius 3 is 2.00 bits per heavy atom. The second-order valence-corrected chi connectivity index (χ2v) is 7.05. The molecule has 0 N–H and O–H groups in total. The van der Waals surface area contributed by atoms with Gasteiger partial charge in [0, 0.05) is 11.6 Å². The van der Waals surface area contributed by atoms with Gasteiger partial charge in [-0.15, -0.1) is 0 Å². The summed E-state index contributed by atoms with van der Waals surface area (Å²) in [5.74, 6) is -0.221. The van der Waals surface area contributed by atoms with Gasteiger partial charge in [-0.3, -0.25) is 9.59 Å². The van der Waals surface area contributed by atoms with Crippen molar-refractivity contribution in [3.63, 3.8) is 0 Å². The van der Waals surface area contributed by atoms with Crippen LogP contribution in [0.4, 0.5) is 0 Å². The standard InChI is InChI=1S/C23H36O4/c1-4-5-6-7-8-9-10-11-12-13-14-15-16-17-19-22(25)21(26-2)18-20(24)23(19)27-3/h7-8,18H,4-6,9-17H2,1-3H3/b8-7-. The Hall–Kier alpha value is -1.84. The average Bonchev–Trinajstić information content (AvgIpc) is 2.67. The van der Waals surface area contributed by atoms with E-state index >= 15 is 0 Å². The summed E-state index contributed by atoms with van der Waals surface area (Å²) in [5, 5.41) is 0. The summed E-state index contributed by atoms with van der Waals surface area (Å²) in [6.07, 6.45) is 19.6. The molecule has 0 unspecified atom stereocenters. The van der Waals surface area contributed by atoms with Crippen LogP contribution in [-0.4, -0.2) is 25.8 Å². The second kappa shape index (κ2) is 14.2. The van der Waals surface area contributed by atoms with E-state index in [0.717, 1.165) is 19.3 Å². The third kappa shape index (κ3) is 8.59. The number of ketones is 2. The summed E-state index contributed by atoms with van der Waals surface area (Å²) in [6, 6.07) is 0. The molecule has 0 aromatic rings. The number of allylic oxidation sites excluding steroid dienone is 4. The van der Waals surface area contributed by atoms with E-state index < -0.39 is 0 Å². The molecule has 4 heteroatoms. The van der Waals surface area contributed by atoms with Crippen molar-refractivity contribution in [2.75, 3.05) is 14.2 Å². The molecule has 0 spiro atoms. The number of ether oxygens (including phenoxy) is 2. The van der Waals surface area contributed by atoms with Crippen LogP contribution < -0.4 is 0 Å². The smallest absolute Gasteiger partial charge is 0.227 e. The average molecular weight is 377 g/mol. The second-order valence-electron chi connectivity index (χ2n) is 7.05. The quantitative estimate of drug-likeness (QED) is 0.205. The highest BCUT2D eigenvalue weighted by Gasteiger charge is 2.29. The van der Waals surface area contributed by atoms with E-state index in [-0.39, 0.29) is 23.1 Å². The molecule has 27 heavy (non-hydrogen) atoms. The van der Waals surface area contributed by atoms with Crippen molar-refractivity contribution in [1.82, 2.24) is 0 Å². The number of hydrogen-bond acceptors (Lipinski definition) is 4. The van der Waals surface area contributed by atoms with Crippen molar-refractivity contribution in [3.8, 4) is 0 Å². The van der Waals surface area contributed by atoms with Gasteiger partial charge in [0.2, 0.25) is 11.6 Å². The summed E-state index contributed by atoms with van der Waals surface area (Å²) in [7, 11) is 2.85. The van der Waals surface area contributed by atoms with E-state index in [0.29, 0.717) is 12.0 Å². The Morgan fingerprint density at radius 1 is 0.815 bits per heavy atom. The van der Waals surface area contributed by atoms with Crippen molar-refractivity contribution >= 4 is 11.6 Å². The fourth-order valence-corrected chi connectivity index (χ4v) is 3.26. The number of carbonyl (C=O) groups excluding carboxylic acids is 2. The van der Waals surface area contributed by atoms with Gasteiger partial charge < -0.3 is 9.47 Å². The minimum absolute atomic E-state index is 0.111. The maximum Gasteiger partial charge on any atom is 0.227 e. The predicted molar refractivity (Wildman–Crippen MR) is 109 cm³/mol. The van der Waals surface area contributed by atoms with E-state index in [2.05, 4.69) is 19.1 Å². The Balaban J connectivity index is 2.16. The molecule has 0 bridgehead atoms. The molecule has 1 rings (SSSR count). The first kappa shape index (κ1) is 23.2. The van der Waals surface area contributed by atoms with Crippen LogP contribution in [0.3, 0.4) is 0 Å². The summed E-state index contributed by atoms with van der Waals surface area (Å²) in [6.45, 7) is 2.22. The lowest BCUT2D eigenvalue weighted by atomic mass is 9.94. The van der Waals surface area contributed by atoms with Gasteiger partial charge in [-0.2, -0.15) is 0 Å². The van der Waals surface area contributed by atoms with Crippen molar-refractivity contribution in [3.05, 3.63) is 35.3 Å². The van der Waals surface area contributed by atoms with E-state index in [1.54, 1.807) is 0 Å². The van der Waals surface area contributed by atoms with Crippen molar-refractivity contribution in [2.45, 2.75) is 84.0 Å². The zero-order chi connectivity index (χ0) is 19.9. The number of unbranched alkanes of at least 4 members (excludes halogenated alkanes) is 9. The lowest BCUT2D eigenvalue weighted by molar-refractivity contribution is -0.120. The van der Waals surface area contributed by atoms with Gasteiger partial charge in [0.1, 0.15) is 0 Å². The van der Waals surface area contributed by atoms with E-state index in [9.17, 15) is 9.59 Å². The Morgan fingerprint density at radius 2 is 1.41 bits per heavy atom. The largest absolute Gasteiger partial charge is 0.493 e. The number of hydrogen-bond donors (Lipinski definition) is 0. The van der Waals surface area contributed by atoms with Crippen molar-refractivity contribution in [2.24, 2.45) is 0 Å². The van der Waals surface area contributed by atoms with Gasteiger partial charge >= 0.3 is 0 Å². The Labute approximate surface area is 164 Å². The first-order valence-corrected chi connectivity index (χ1v) is 10.4. The summed E-state index contributed by atoms with van der Waals surface area (Å²) in [4.78, 5) is 24.3. The maximum absolute atomic E-state index is 12.3. The van der Waals surface area contributed by atoms with Gasteiger partial charge in [0.05, 0.1) is 14.2 Å². The van der Waals surface area contributed by atoms with Crippen molar-refractivity contribution in [1.29, 1.82) is 0 Å². The predicted octanol–water partition coefficient (Wildman–Crippen LogP) is 5.83. The fourth-order valence-electron chi connectivity index (χ4n) is 3.26. The molecule has 0 amide bonds. The maximum atomic E-state index is 12.3. The normalized spacial score (nSPS) is 14.9. The molecule has 0 saturated carbocycles. The third-order valence-corrected chi connectivity index (χ3v) is 4.87. The molecule has 0 fully saturated rings. The summed E-state index contributed by atoms with van der Waals surface area (Å²) in [5.41, 5.74) is 0.455. The van der Waals surface area contributed by atoms with Crippen LogP contribution in [0.15, 0.2) is 35.3 Å². The van der Waals surface area contributed by atoms with Crippen molar-refractivity contribution < 1.29 is 19.1 Å². The van der Waals surface area contributed by atoms with E-state index in [1.165, 1.54) is 71.7 Å². The number of carbonyl (C=O) groups is 2. The molecule has 152 valence electrons. The molecule has 0 aliphatic heterocycles.